The Balaban J connectivity index is 1.63. The fourth-order valence-corrected chi connectivity index (χ4v) is 4.14. The Morgan fingerprint density at radius 2 is 1.64 bits per heavy atom. The Bertz CT molecular complexity index is 623. The van der Waals surface area contributed by atoms with E-state index in [1.807, 2.05) is 23.1 Å². The van der Waals surface area contributed by atoms with Crippen molar-refractivity contribution in [2.24, 2.45) is 0 Å². The quantitative estimate of drug-likeness (QED) is 0.778. The van der Waals surface area contributed by atoms with Crippen LogP contribution in [0, 0.1) is 0 Å². The number of hydrogen-bond donors (Lipinski definition) is 1. The van der Waals surface area contributed by atoms with Crippen LogP contribution >= 0.6 is 0 Å². The number of nitrogens with one attached hydrogen (secondary N) is 1. The van der Waals surface area contributed by atoms with Crippen LogP contribution in [0.15, 0.2) is 30.3 Å². The number of benzene rings is 1. The van der Waals surface area contributed by atoms with Crippen LogP contribution in [0.4, 0.5) is 0 Å². The number of piperidine rings is 1. The molecule has 0 bridgehead atoms. The minimum Gasteiger partial charge on any atom is -0.355 e. The van der Waals surface area contributed by atoms with Crippen molar-refractivity contribution in [1.29, 1.82) is 0 Å². The first-order chi connectivity index (χ1) is 13.7. The monoisotopic (exact) mass is 386 g/mol. The maximum atomic E-state index is 13.4. The Hall–Kier alpha value is -1.92. The van der Waals surface area contributed by atoms with Crippen molar-refractivity contribution >= 4 is 11.8 Å². The molecule has 1 N–H and O–H groups in total. The van der Waals surface area contributed by atoms with Crippen LogP contribution < -0.4 is 5.32 Å². The molecule has 2 saturated heterocycles. The SMILES string of the molecule is CCCNC(=O)CN1CCN(C(C(=O)N2CCCCC2)c2ccccc2)CC1. The lowest BCUT2D eigenvalue weighted by atomic mass is 10.0. The van der Waals surface area contributed by atoms with E-state index in [0.717, 1.165) is 70.6 Å². The molecule has 1 unspecified atom stereocenters. The van der Waals surface area contributed by atoms with Gasteiger partial charge < -0.3 is 10.2 Å². The van der Waals surface area contributed by atoms with E-state index in [-0.39, 0.29) is 17.9 Å². The minimum absolute atomic E-state index is 0.0966. The number of likely N-dealkylation sites (tertiary alicyclic amines) is 1. The summed E-state index contributed by atoms with van der Waals surface area (Å²) in [6, 6.07) is 9.95. The van der Waals surface area contributed by atoms with Crippen LogP contribution in [-0.4, -0.2) is 78.9 Å². The van der Waals surface area contributed by atoms with Crippen LogP contribution in [0.3, 0.4) is 0 Å². The molecule has 28 heavy (non-hydrogen) atoms. The van der Waals surface area contributed by atoms with Gasteiger partial charge in [-0.2, -0.15) is 0 Å². The van der Waals surface area contributed by atoms with Crippen molar-refractivity contribution < 1.29 is 9.59 Å². The van der Waals surface area contributed by atoms with Gasteiger partial charge >= 0.3 is 0 Å². The van der Waals surface area contributed by atoms with Gasteiger partial charge in [-0.3, -0.25) is 19.4 Å². The van der Waals surface area contributed by atoms with E-state index in [9.17, 15) is 9.59 Å². The van der Waals surface area contributed by atoms with Crippen LogP contribution in [0.2, 0.25) is 0 Å². The highest BCUT2D eigenvalue weighted by Crippen LogP contribution is 2.26. The molecule has 1 aromatic rings. The molecule has 0 aliphatic carbocycles. The van der Waals surface area contributed by atoms with E-state index in [4.69, 9.17) is 0 Å². The van der Waals surface area contributed by atoms with Gasteiger partial charge in [0.05, 0.1) is 6.54 Å². The van der Waals surface area contributed by atoms with E-state index in [1.165, 1.54) is 6.42 Å². The first-order valence-electron chi connectivity index (χ1n) is 10.8. The predicted octanol–water partition coefficient (Wildman–Crippen LogP) is 1.88. The average Bonchev–Trinajstić information content (AvgIpc) is 2.75. The maximum Gasteiger partial charge on any atom is 0.244 e. The average molecular weight is 387 g/mol. The molecule has 6 heteroatoms. The third-order valence-corrected chi connectivity index (χ3v) is 5.73. The summed E-state index contributed by atoms with van der Waals surface area (Å²) in [5.41, 5.74) is 1.08. The molecular formula is C22H34N4O2. The van der Waals surface area contributed by atoms with Crippen molar-refractivity contribution in [2.45, 2.75) is 38.6 Å². The normalized spacial score (nSPS) is 20.0. The summed E-state index contributed by atoms with van der Waals surface area (Å²) < 4.78 is 0. The van der Waals surface area contributed by atoms with Gasteiger partial charge in [0.2, 0.25) is 11.8 Å². The third kappa shape index (κ3) is 5.55. The Kier molecular flexibility index (Phi) is 7.86. The van der Waals surface area contributed by atoms with E-state index in [1.54, 1.807) is 0 Å². The van der Waals surface area contributed by atoms with E-state index >= 15 is 0 Å². The molecule has 3 rings (SSSR count). The van der Waals surface area contributed by atoms with Crippen molar-refractivity contribution in [3.63, 3.8) is 0 Å². The molecule has 2 fully saturated rings. The first-order valence-corrected chi connectivity index (χ1v) is 10.8. The van der Waals surface area contributed by atoms with Gasteiger partial charge in [-0.15, -0.1) is 0 Å². The maximum absolute atomic E-state index is 13.4. The van der Waals surface area contributed by atoms with Crippen molar-refractivity contribution in [3.05, 3.63) is 35.9 Å². The first kappa shape index (κ1) is 20.8. The van der Waals surface area contributed by atoms with E-state index < -0.39 is 0 Å². The molecule has 0 saturated carbocycles. The van der Waals surface area contributed by atoms with Crippen LogP contribution in [0.25, 0.3) is 0 Å². The summed E-state index contributed by atoms with van der Waals surface area (Å²) in [7, 11) is 0. The Morgan fingerprint density at radius 3 is 2.29 bits per heavy atom. The highest BCUT2D eigenvalue weighted by molar-refractivity contribution is 5.83. The second-order valence-electron chi connectivity index (χ2n) is 7.86. The number of hydrogen-bond acceptors (Lipinski definition) is 4. The molecule has 2 aliphatic heterocycles. The van der Waals surface area contributed by atoms with Gasteiger partial charge in [-0.1, -0.05) is 37.3 Å². The number of carbonyl (C=O) groups is 2. The number of nitrogens with zero attached hydrogens (tertiary/aromatic N) is 3. The largest absolute Gasteiger partial charge is 0.355 e. The highest BCUT2D eigenvalue weighted by atomic mass is 16.2. The number of carbonyl (C=O) groups excluding carboxylic acids is 2. The lowest BCUT2D eigenvalue weighted by Crippen LogP contribution is -2.53. The molecule has 1 atom stereocenters. The Morgan fingerprint density at radius 1 is 0.964 bits per heavy atom. The zero-order valence-corrected chi connectivity index (χ0v) is 17.1. The number of piperazine rings is 1. The van der Waals surface area contributed by atoms with E-state index in [0.29, 0.717) is 6.54 Å². The summed E-state index contributed by atoms with van der Waals surface area (Å²) in [6.45, 7) is 8.23. The molecular weight excluding hydrogens is 352 g/mol. The number of amides is 2. The predicted molar refractivity (Wildman–Crippen MR) is 111 cm³/mol. The summed E-state index contributed by atoms with van der Waals surface area (Å²) in [5, 5.41) is 2.95. The van der Waals surface area contributed by atoms with Gasteiger partial charge in [0, 0.05) is 45.8 Å². The zero-order valence-electron chi connectivity index (χ0n) is 17.1. The molecule has 154 valence electrons. The van der Waals surface area contributed by atoms with Gasteiger partial charge in [0.1, 0.15) is 6.04 Å². The number of rotatable bonds is 7. The smallest absolute Gasteiger partial charge is 0.244 e. The molecule has 1 aromatic carbocycles. The third-order valence-electron chi connectivity index (χ3n) is 5.73. The Labute approximate surface area is 168 Å². The lowest BCUT2D eigenvalue weighted by Gasteiger charge is -2.41. The van der Waals surface area contributed by atoms with Crippen molar-refractivity contribution in [3.8, 4) is 0 Å². The van der Waals surface area contributed by atoms with Gasteiger partial charge in [0.15, 0.2) is 0 Å². The molecule has 0 aromatic heterocycles. The highest BCUT2D eigenvalue weighted by Gasteiger charge is 2.33. The topological polar surface area (TPSA) is 55.9 Å². The van der Waals surface area contributed by atoms with Crippen LogP contribution in [0.5, 0.6) is 0 Å². The molecule has 2 heterocycles. The van der Waals surface area contributed by atoms with Gasteiger partial charge in [-0.25, -0.2) is 0 Å². The van der Waals surface area contributed by atoms with E-state index in [2.05, 4.69) is 34.2 Å². The zero-order chi connectivity index (χ0) is 19.8. The van der Waals surface area contributed by atoms with Gasteiger partial charge in [0.25, 0.3) is 0 Å². The van der Waals surface area contributed by atoms with Crippen molar-refractivity contribution in [2.75, 3.05) is 52.4 Å². The molecule has 0 radical (unpaired) electrons. The standard InChI is InChI=1S/C22H34N4O2/c1-2-11-23-20(27)18-24-14-16-25(17-15-24)21(19-9-5-3-6-10-19)22(28)26-12-7-4-8-13-26/h3,5-6,9-10,21H,2,4,7-8,11-18H2,1H3,(H,23,27). The second kappa shape index (κ2) is 10.6. The molecule has 2 amide bonds. The van der Waals surface area contributed by atoms with Crippen molar-refractivity contribution in [1.82, 2.24) is 20.0 Å². The summed E-state index contributed by atoms with van der Waals surface area (Å²) in [6.07, 6.45) is 4.39. The fourth-order valence-electron chi connectivity index (χ4n) is 4.14. The molecule has 6 nitrogen and oxygen atoms in total. The minimum atomic E-state index is -0.213. The summed E-state index contributed by atoms with van der Waals surface area (Å²) in [4.78, 5) is 31.9. The fraction of sp³-hybridized carbons (Fsp3) is 0.636. The van der Waals surface area contributed by atoms with Gasteiger partial charge in [-0.05, 0) is 31.2 Å². The second-order valence-corrected chi connectivity index (χ2v) is 7.86. The lowest BCUT2D eigenvalue weighted by molar-refractivity contribution is -0.139. The molecule has 2 aliphatic rings. The molecule has 0 spiro atoms. The van der Waals surface area contributed by atoms with Crippen LogP contribution in [0.1, 0.15) is 44.2 Å². The summed E-state index contributed by atoms with van der Waals surface area (Å²) in [5.74, 6) is 0.333. The van der Waals surface area contributed by atoms with Crippen LogP contribution in [-0.2, 0) is 9.59 Å². The summed E-state index contributed by atoms with van der Waals surface area (Å²) >= 11 is 0.